The number of nitrogens with one attached hydrogen (secondary N) is 1. The molecule has 1 aliphatic heterocycles. The highest BCUT2D eigenvalue weighted by molar-refractivity contribution is 5.98. The maximum absolute atomic E-state index is 12.7. The van der Waals surface area contributed by atoms with E-state index in [4.69, 9.17) is 0 Å². The van der Waals surface area contributed by atoms with Gasteiger partial charge in [-0.2, -0.15) is 0 Å². The monoisotopic (exact) mass is 272 g/mol. The van der Waals surface area contributed by atoms with Gasteiger partial charge in [0.1, 0.15) is 6.04 Å². The van der Waals surface area contributed by atoms with Crippen LogP contribution in [-0.2, 0) is 16.1 Å². The lowest BCUT2D eigenvalue weighted by Crippen LogP contribution is -2.45. The van der Waals surface area contributed by atoms with Crippen molar-refractivity contribution in [1.82, 2.24) is 4.90 Å². The average Bonchev–Trinajstić information content (AvgIpc) is 2.95. The molecule has 0 saturated heterocycles. The van der Waals surface area contributed by atoms with Gasteiger partial charge in [-0.05, 0) is 31.4 Å². The summed E-state index contributed by atoms with van der Waals surface area (Å²) in [6.07, 6.45) is 4.18. The van der Waals surface area contributed by atoms with Crippen LogP contribution in [0.25, 0.3) is 0 Å². The SMILES string of the molecule is CC1C(=O)Nc2ccccc2CN1C(=O)C1CCCC1. The van der Waals surface area contributed by atoms with Crippen molar-refractivity contribution in [3.05, 3.63) is 29.8 Å². The molecule has 1 saturated carbocycles. The van der Waals surface area contributed by atoms with Crippen molar-refractivity contribution in [3.8, 4) is 0 Å². The summed E-state index contributed by atoms with van der Waals surface area (Å²) < 4.78 is 0. The van der Waals surface area contributed by atoms with E-state index in [1.807, 2.05) is 31.2 Å². The van der Waals surface area contributed by atoms with Crippen LogP contribution >= 0.6 is 0 Å². The Bertz CT molecular complexity index is 535. The first-order chi connectivity index (χ1) is 9.66. The molecule has 0 bridgehead atoms. The van der Waals surface area contributed by atoms with Crippen molar-refractivity contribution in [2.45, 2.75) is 45.2 Å². The second-order valence-corrected chi connectivity index (χ2v) is 5.77. The van der Waals surface area contributed by atoms with E-state index in [2.05, 4.69) is 5.32 Å². The number of amides is 2. The molecular weight excluding hydrogens is 252 g/mol. The number of carbonyl (C=O) groups excluding carboxylic acids is 2. The summed E-state index contributed by atoms with van der Waals surface area (Å²) in [4.78, 5) is 26.6. The smallest absolute Gasteiger partial charge is 0.246 e. The van der Waals surface area contributed by atoms with Crippen molar-refractivity contribution in [3.63, 3.8) is 0 Å². The lowest BCUT2D eigenvalue weighted by Gasteiger charge is -2.28. The van der Waals surface area contributed by atoms with Crippen molar-refractivity contribution in [2.75, 3.05) is 5.32 Å². The summed E-state index contributed by atoms with van der Waals surface area (Å²) in [6, 6.07) is 7.30. The van der Waals surface area contributed by atoms with Crippen LogP contribution in [0.3, 0.4) is 0 Å². The van der Waals surface area contributed by atoms with Crippen LogP contribution in [0.5, 0.6) is 0 Å². The van der Waals surface area contributed by atoms with E-state index < -0.39 is 6.04 Å². The maximum Gasteiger partial charge on any atom is 0.246 e. The summed E-state index contributed by atoms with van der Waals surface area (Å²) in [7, 11) is 0. The number of fused-ring (bicyclic) bond motifs is 1. The number of hydrogen-bond donors (Lipinski definition) is 1. The second-order valence-electron chi connectivity index (χ2n) is 5.77. The number of para-hydroxylation sites is 1. The fraction of sp³-hybridized carbons (Fsp3) is 0.500. The van der Waals surface area contributed by atoms with E-state index in [0.717, 1.165) is 36.9 Å². The Morgan fingerprint density at radius 3 is 2.70 bits per heavy atom. The first kappa shape index (κ1) is 13.2. The molecule has 1 aromatic carbocycles. The van der Waals surface area contributed by atoms with Gasteiger partial charge in [-0.15, -0.1) is 0 Å². The minimum absolute atomic E-state index is 0.0960. The fourth-order valence-corrected chi connectivity index (χ4v) is 3.16. The lowest BCUT2D eigenvalue weighted by atomic mass is 10.0. The number of rotatable bonds is 1. The quantitative estimate of drug-likeness (QED) is 0.854. The van der Waals surface area contributed by atoms with Crippen LogP contribution in [0.15, 0.2) is 24.3 Å². The molecule has 4 nitrogen and oxygen atoms in total. The minimum Gasteiger partial charge on any atom is -0.326 e. The Morgan fingerprint density at radius 1 is 1.25 bits per heavy atom. The van der Waals surface area contributed by atoms with E-state index in [9.17, 15) is 9.59 Å². The first-order valence-corrected chi connectivity index (χ1v) is 7.36. The standard InChI is InChI=1S/C16H20N2O2/c1-11-15(19)17-14-9-5-4-8-13(14)10-18(11)16(20)12-6-2-3-7-12/h4-5,8-9,11-12H,2-3,6-7,10H2,1H3,(H,17,19). The molecule has 3 rings (SSSR count). The summed E-state index contributed by atoms with van der Waals surface area (Å²) in [5, 5.41) is 2.91. The van der Waals surface area contributed by atoms with Gasteiger partial charge < -0.3 is 10.2 Å². The van der Waals surface area contributed by atoms with Crippen LogP contribution in [0, 0.1) is 5.92 Å². The first-order valence-electron chi connectivity index (χ1n) is 7.36. The van der Waals surface area contributed by atoms with Gasteiger partial charge in [-0.1, -0.05) is 31.0 Å². The van der Waals surface area contributed by atoms with E-state index in [0.29, 0.717) is 6.54 Å². The van der Waals surface area contributed by atoms with E-state index in [-0.39, 0.29) is 17.7 Å². The van der Waals surface area contributed by atoms with Gasteiger partial charge in [0.15, 0.2) is 0 Å². The Labute approximate surface area is 119 Å². The van der Waals surface area contributed by atoms with Gasteiger partial charge in [-0.25, -0.2) is 0 Å². The van der Waals surface area contributed by atoms with Gasteiger partial charge >= 0.3 is 0 Å². The molecule has 0 radical (unpaired) electrons. The van der Waals surface area contributed by atoms with Crippen molar-refractivity contribution < 1.29 is 9.59 Å². The lowest BCUT2D eigenvalue weighted by molar-refractivity contribution is -0.142. The molecule has 1 aromatic rings. The molecule has 2 aliphatic rings. The molecule has 4 heteroatoms. The molecule has 0 aromatic heterocycles. The van der Waals surface area contributed by atoms with Crippen molar-refractivity contribution >= 4 is 17.5 Å². The van der Waals surface area contributed by atoms with E-state index in [1.54, 1.807) is 4.90 Å². The third-order valence-electron chi connectivity index (χ3n) is 4.45. The third-order valence-corrected chi connectivity index (χ3v) is 4.45. The highest BCUT2D eigenvalue weighted by Crippen LogP contribution is 2.30. The average molecular weight is 272 g/mol. The summed E-state index contributed by atoms with van der Waals surface area (Å²) in [5.74, 6) is 0.152. The molecule has 106 valence electrons. The topological polar surface area (TPSA) is 49.4 Å². The van der Waals surface area contributed by atoms with Crippen LogP contribution in [0.1, 0.15) is 38.2 Å². The number of anilines is 1. The third kappa shape index (κ3) is 2.30. The zero-order chi connectivity index (χ0) is 14.1. The Kier molecular flexibility index (Phi) is 3.47. The zero-order valence-corrected chi connectivity index (χ0v) is 11.8. The minimum atomic E-state index is -0.407. The summed E-state index contributed by atoms with van der Waals surface area (Å²) >= 11 is 0. The predicted octanol–water partition coefficient (Wildman–Crippen LogP) is 2.55. The second kappa shape index (κ2) is 5.27. The van der Waals surface area contributed by atoms with Crippen molar-refractivity contribution in [1.29, 1.82) is 0 Å². The predicted molar refractivity (Wildman–Crippen MR) is 77.0 cm³/mol. The van der Waals surface area contributed by atoms with Crippen LogP contribution in [0.4, 0.5) is 5.69 Å². The number of hydrogen-bond acceptors (Lipinski definition) is 2. The zero-order valence-electron chi connectivity index (χ0n) is 11.8. The molecule has 1 N–H and O–H groups in total. The molecular formula is C16H20N2O2. The van der Waals surface area contributed by atoms with Crippen molar-refractivity contribution in [2.24, 2.45) is 5.92 Å². The van der Waals surface area contributed by atoms with E-state index >= 15 is 0 Å². The van der Waals surface area contributed by atoms with Crippen LogP contribution in [0.2, 0.25) is 0 Å². The largest absolute Gasteiger partial charge is 0.326 e. The molecule has 1 heterocycles. The highest BCUT2D eigenvalue weighted by Gasteiger charge is 2.34. The molecule has 20 heavy (non-hydrogen) atoms. The fourth-order valence-electron chi connectivity index (χ4n) is 3.16. The van der Waals surface area contributed by atoms with Gasteiger partial charge in [0.2, 0.25) is 11.8 Å². The van der Waals surface area contributed by atoms with Gasteiger partial charge in [0.25, 0.3) is 0 Å². The number of benzene rings is 1. The van der Waals surface area contributed by atoms with Gasteiger partial charge in [0, 0.05) is 18.2 Å². The highest BCUT2D eigenvalue weighted by atomic mass is 16.2. The van der Waals surface area contributed by atoms with Crippen LogP contribution < -0.4 is 5.32 Å². The molecule has 0 spiro atoms. The van der Waals surface area contributed by atoms with Crippen LogP contribution in [-0.4, -0.2) is 22.8 Å². The van der Waals surface area contributed by atoms with Gasteiger partial charge in [0.05, 0.1) is 0 Å². The summed E-state index contributed by atoms with van der Waals surface area (Å²) in [6.45, 7) is 2.33. The molecule has 1 unspecified atom stereocenters. The van der Waals surface area contributed by atoms with E-state index in [1.165, 1.54) is 0 Å². The normalized spacial score (nSPS) is 23.1. The number of nitrogens with zero attached hydrogens (tertiary/aromatic N) is 1. The molecule has 2 amide bonds. The Morgan fingerprint density at radius 2 is 1.95 bits per heavy atom. The molecule has 1 atom stereocenters. The summed E-state index contributed by atoms with van der Waals surface area (Å²) in [5.41, 5.74) is 1.84. The van der Waals surface area contributed by atoms with Gasteiger partial charge in [-0.3, -0.25) is 9.59 Å². The molecule has 1 aliphatic carbocycles. The molecule has 1 fully saturated rings. The maximum atomic E-state index is 12.7. The Hall–Kier alpha value is -1.84. The Balaban J connectivity index is 1.89. The number of carbonyl (C=O) groups is 2.